The number of rotatable bonds is 4. The van der Waals surface area contributed by atoms with Gasteiger partial charge in [-0.1, -0.05) is 172 Å². The second-order valence-corrected chi connectivity index (χ2v) is 26.1. The van der Waals surface area contributed by atoms with Crippen molar-refractivity contribution in [3.8, 4) is 22.3 Å². The van der Waals surface area contributed by atoms with E-state index >= 15 is 0 Å². The summed E-state index contributed by atoms with van der Waals surface area (Å²) in [5, 5.41) is 0. The number of fused-ring (bicyclic) bond motifs is 10. The van der Waals surface area contributed by atoms with Crippen LogP contribution in [-0.2, 0) is 21.7 Å². The summed E-state index contributed by atoms with van der Waals surface area (Å²) < 4.78 is 0. The fraction of sp³-hybridized carbons (Fsp3) is 0.382. The fourth-order valence-corrected chi connectivity index (χ4v) is 15.8. The molecule has 0 bridgehead atoms. The van der Waals surface area contributed by atoms with Crippen LogP contribution in [0.1, 0.15) is 154 Å². The van der Waals surface area contributed by atoms with E-state index in [1.807, 2.05) is 0 Å². The van der Waals surface area contributed by atoms with E-state index in [0.29, 0.717) is 0 Å². The van der Waals surface area contributed by atoms with E-state index in [0.717, 1.165) is 12.8 Å². The van der Waals surface area contributed by atoms with Crippen molar-refractivity contribution < 1.29 is 0 Å². The highest BCUT2D eigenvalue weighted by atomic mass is 15.3. The Hall–Kier alpha value is -6.00. The van der Waals surface area contributed by atoms with Crippen molar-refractivity contribution >= 4 is 62.9 Å². The molecule has 364 valence electrons. The van der Waals surface area contributed by atoms with Gasteiger partial charge in [-0.05, 0) is 173 Å². The van der Waals surface area contributed by atoms with E-state index in [1.165, 1.54) is 139 Å². The van der Waals surface area contributed by atoms with Gasteiger partial charge in [0, 0.05) is 50.5 Å². The van der Waals surface area contributed by atoms with Gasteiger partial charge in [-0.25, -0.2) is 0 Å². The lowest BCUT2D eigenvalue weighted by Crippen LogP contribution is -2.64. The Labute approximate surface area is 431 Å². The first-order valence-corrected chi connectivity index (χ1v) is 27.6. The Morgan fingerprint density at radius 2 is 1.06 bits per heavy atom. The molecule has 0 spiro atoms. The zero-order valence-corrected chi connectivity index (χ0v) is 45.3. The summed E-state index contributed by atoms with van der Waals surface area (Å²) in [7, 11) is 0. The molecule has 2 fully saturated rings. The Bertz CT molecular complexity index is 3390. The van der Waals surface area contributed by atoms with Gasteiger partial charge in [0.15, 0.2) is 0 Å². The Kier molecular flexibility index (Phi) is 9.73. The second kappa shape index (κ2) is 15.3. The van der Waals surface area contributed by atoms with E-state index in [1.54, 1.807) is 11.1 Å². The Morgan fingerprint density at radius 1 is 0.472 bits per heavy atom. The molecular formula is C68H74BN3. The highest BCUT2D eigenvalue weighted by Gasteiger charge is 2.63. The van der Waals surface area contributed by atoms with Gasteiger partial charge in [-0.15, -0.1) is 0 Å². The molecule has 0 radical (unpaired) electrons. The smallest absolute Gasteiger partial charge is 0.252 e. The van der Waals surface area contributed by atoms with Gasteiger partial charge in [0.25, 0.3) is 6.71 Å². The van der Waals surface area contributed by atoms with Crippen LogP contribution in [0, 0.1) is 13.8 Å². The van der Waals surface area contributed by atoms with Gasteiger partial charge in [0.05, 0.1) is 16.8 Å². The Morgan fingerprint density at radius 3 is 1.72 bits per heavy atom. The van der Waals surface area contributed by atoms with E-state index in [-0.39, 0.29) is 39.5 Å². The lowest BCUT2D eigenvalue weighted by atomic mass is 9.33. The van der Waals surface area contributed by atoms with Gasteiger partial charge in [0.2, 0.25) is 0 Å². The van der Waals surface area contributed by atoms with Crippen molar-refractivity contribution in [1.82, 2.24) is 0 Å². The van der Waals surface area contributed by atoms with Crippen LogP contribution in [0.2, 0.25) is 0 Å². The average Bonchev–Trinajstić information content (AvgIpc) is 3.70. The molecule has 4 aliphatic heterocycles. The quantitative estimate of drug-likeness (QED) is 0.163. The monoisotopic (exact) mass is 944 g/mol. The van der Waals surface area contributed by atoms with E-state index in [9.17, 15) is 0 Å². The standard InChI is InChI=1S/C68H74BN3/c1-43-35-44(2)60-57(36-43)71(68(12)34-22-20-32-66(60,68)10)50-41-58-61-59(42-50)72-62-52(65(9)31-19-21-33-67(65,72)11)37-47(45-23-15-13-16-24-45)38-54(62)69(61)53-40-49(64(6,7)8)28-30-56(53)70(58)55-29-27-48(63(3,4)5)39-51(55)46-25-17-14-18-26-46/h13-18,23-30,35-42H,19-22,31-34H2,1-12H3. The number of hydrogen-bond acceptors (Lipinski definition) is 3. The van der Waals surface area contributed by atoms with Crippen LogP contribution < -0.4 is 31.1 Å². The molecule has 2 aliphatic carbocycles. The van der Waals surface area contributed by atoms with Gasteiger partial charge < -0.3 is 14.7 Å². The predicted octanol–water partition coefficient (Wildman–Crippen LogP) is 16.3. The summed E-state index contributed by atoms with van der Waals surface area (Å²) >= 11 is 0. The summed E-state index contributed by atoms with van der Waals surface area (Å²) in [6.45, 7) is 29.5. The number of nitrogens with zero attached hydrogens (tertiary/aromatic N) is 3. The minimum atomic E-state index is -0.129. The van der Waals surface area contributed by atoms with Crippen molar-refractivity contribution in [2.45, 2.75) is 167 Å². The molecule has 4 unspecified atom stereocenters. The SMILES string of the molecule is Cc1cc(C)c2c(c1)N(c1cc3c4c(c1)N1c5c(cc(-c6ccccc6)cc5C5(C)CCCCC15C)B4c1cc(C(C)(C)C)ccc1N3c1ccc(C(C)(C)C)cc1-c1ccccc1)C1(C)CCCCC21C. The van der Waals surface area contributed by atoms with E-state index in [4.69, 9.17) is 0 Å². The van der Waals surface area contributed by atoms with Crippen molar-refractivity contribution in [3.63, 3.8) is 0 Å². The lowest BCUT2D eigenvalue weighted by molar-refractivity contribution is 0.193. The molecule has 4 atom stereocenters. The third-order valence-electron chi connectivity index (χ3n) is 20.0. The first-order chi connectivity index (χ1) is 34.3. The van der Waals surface area contributed by atoms with Gasteiger partial charge >= 0.3 is 0 Å². The molecule has 72 heavy (non-hydrogen) atoms. The van der Waals surface area contributed by atoms with Gasteiger partial charge in [-0.3, -0.25) is 0 Å². The van der Waals surface area contributed by atoms with Crippen molar-refractivity contribution in [3.05, 3.63) is 167 Å². The minimum absolute atomic E-state index is 0.0160. The molecule has 4 heteroatoms. The van der Waals surface area contributed by atoms with Crippen molar-refractivity contribution in [2.24, 2.45) is 0 Å². The molecule has 7 aromatic rings. The van der Waals surface area contributed by atoms with Gasteiger partial charge in [-0.2, -0.15) is 0 Å². The normalized spacial score (nSPS) is 24.6. The zero-order chi connectivity index (χ0) is 50.1. The number of benzene rings is 7. The molecule has 6 aliphatic rings. The minimum Gasteiger partial charge on any atom is -0.335 e. The first kappa shape index (κ1) is 45.8. The van der Waals surface area contributed by atoms with E-state index in [2.05, 4.69) is 231 Å². The molecular weight excluding hydrogens is 870 g/mol. The average molecular weight is 944 g/mol. The molecule has 0 saturated heterocycles. The fourth-order valence-electron chi connectivity index (χ4n) is 15.8. The van der Waals surface area contributed by atoms with Crippen molar-refractivity contribution in [2.75, 3.05) is 14.7 Å². The third kappa shape index (κ3) is 6.10. The highest BCUT2D eigenvalue weighted by molar-refractivity contribution is 7.00. The molecule has 0 amide bonds. The molecule has 4 heterocycles. The maximum absolute atomic E-state index is 2.96. The van der Waals surface area contributed by atoms with Crippen LogP contribution in [0.5, 0.6) is 0 Å². The maximum atomic E-state index is 2.96. The largest absolute Gasteiger partial charge is 0.335 e. The lowest BCUT2D eigenvalue weighted by Gasteiger charge is -2.54. The van der Waals surface area contributed by atoms with Crippen LogP contribution in [0.4, 0.5) is 39.8 Å². The number of hydrogen-bond donors (Lipinski definition) is 0. The molecule has 13 rings (SSSR count). The first-order valence-electron chi connectivity index (χ1n) is 27.6. The molecule has 0 N–H and O–H groups in total. The molecule has 7 aromatic carbocycles. The summed E-state index contributed by atoms with van der Waals surface area (Å²) in [6.07, 6.45) is 9.71. The second-order valence-electron chi connectivity index (χ2n) is 26.1. The Balaban J connectivity index is 1.20. The summed E-state index contributed by atoms with van der Waals surface area (Å²) in [5.41, 5.74) is 27.2. The number of anilines is 7. The zero-order valence-electron chi connectivity index (χ0n) is 45.3. The van der Waals surface area contributed by atoms with Crippen molar-refractivity contribution in [1.29, 1.82) is 0 Å². The number of aryl methyl sites for hydroxylation is 2. The molecule has 3 nitrogen and oxygen atoms in total. The van der Waals surface area contributed by atoms with Crippen LogP contribution in [0.15, 0.2) is 133 Å². The van der Waals surface area contributed by atoms with Crippen LogP contribution >= 0.6 is 0 Å². The summed E-state index contributed by atoms with van der Waals surface area (Å²) in [4.78, 5) is 8.59. The van der Waals surface area contributed by atoms with Crippen LogP contribution in [0.3, 0.4) is 0 Å². The van der Waals surface area contributed by atoms with Crippen LogP contribution in [0.25, 0.3) is 22.3 Å². The third-order valence-corrected chi connectivity index (χ3v) is 20.0. The maximum Gasteiger partial charge on any atom is 0.252 e. The van der Waals surface area contributed by atoms with E-state index < -0.39 is 0 Å². The molecule has 0 aromatic heterocycles. The van der Waals surface area contributed by atoms with Gasteiger partial charge in [0.1, 0.15) is 0 Å². The summed E-state index contributed by atoms with van der Waals surface area (Å²) in [6, 6.07) is 53.1. The van der Waals surface area contributed by atoms with Crippen LogP contribution in [-0.4, -0.2) is 17.8 Å². The summed E-state index contributed by atoms with van der Waals surface area (Å²) in [5.74, 6) is 0. The topological polar surface area (TPSA) is 9.72 Å². The highest BCUT2D eigenvalue weighted by Crippen LogP contribution is 2.65. The molecule has 2 saturated carbocycles. The predicted molar refractivity (Wildman–Crippen MR) is 309 cm³/mol.